The normalized spacial score (nSPS) is 10.5. The highest BCUT2D eigenvalue weighted by molar-refractivity contribution is 5.93. The smallest absolute Gasteiger partial charge is 0.344 e. The lowest BCUT2D eigenvalue weighted by molar-refractivity contribution is -0.149. The molecule has 0 aliphatic heterocycles. The van der Waals surface area contributed by atoms with Gasteiger partial charge in [-0.25, -0.2) is 4.79 Å². The summed E-state index contributed by atoms with van der Waals surface area (Å²) in [6, 6.07) is 13.3. The van der Waals surface area contributed by atoms with Crippen LogP contribution in [0.3, 0.4) is 0 Å². The number of rotatable bonds is 7. The van der Waals surface area contributed by atoms with Crippen molar-refractivity contribution in [2.24, 2.45) is 0 Å². The molecule has 2 aromatic rings. The molecule has 0 spiro atoms. The molecule has 0 aliphatic carbocycles. The molecule has 0 aliphatic rings. The van der Waals surface area contributed by atoms with Gasteiger partial charge < -0.3 is 14.8 Å². The maximum absolute atomic E-state index is 12.0. The first kappa shape index (κ1) is 19.5. The van der Waals surface area contributed by atoms with Crippen LogP contribution in [0.1, 0.15) is 36.5 Å². The average molecular weight is 355 g/mol. The Balaban J connectivity index is 1.83. The fourth-order valence-corrected chi connectivity index (χ4v) is 2.65. The lowest BCUT2D eigenvalue weighted by Gasteiger charge is -2.14. The minimum Gasteiger partial charge on any atom is -0.481 e. The van der Waals surface area contributed by atoms with E-state index in [0.29, 0.717) is 5.75 Å². The number of hydrogen-bond acceptors (Lipinski definition) is 4. The molecule has 0 fully saturated rings. The molecule has 0 saturated carbocycles. The number of benzene rings is 2. The zero-order valence-corrected chi connectivity index (χ0v) is 15.7. The third-order valence-corrected chi connectivity index (χ3v) is 3.96. The SMILES string of the molecule is Cc1cccc(C)c1OCC(=O)OCC(=O)Nc1ccccc1C(C)C. The number of para-hydroxylation sites is 2. The van der Waals surface area contributed by atoms with Crippen molar-refractivity contribution >= 4 is 17.6 Å². The predicted octanol–water partition coefficient (Wildman–Crippen LogP) is 3.99. The molecule has 0 atom stereocenters. The van der Waals surface area contributed by atoms with Gasteiger partial charge in [-0.15, -0.1) is 0 Å². The highest BCUT2D eigenvalue weighted by Crippen LogP contribution is 2.24. The number of ether oxygens (including phenoxy) is 2. The van der Waals surface area contributed by atoms with Crippen molar-refractivity contribution in [3.05, 3.63) is 59.2 Å². The summed E-state index contributed by atoms with van der Waals surface area (Å²) < 4.78 is 10.5. The molecule has 2 aromatic carbocycles. The topological polar surface area (TPSA) is 64.6 Å². The summed E-state index contributed by atoms with van der Waals surface area (Å²) in [6.45, 7) is 7.34. The monoisotopic (exact) mass is 355 g/mol. The summed E-state index contributed by atoms with van der Waals surface area (Å²) in [5, 5.41) is 2.78. The van der Waals surface area contributed by atoms with E-state index in [-0.39, 0.29) is 25.0 Å². The van der Waals surface area contributed by atoms with E-state index in [4.69, 9.17) is 9.47 Å². The third-order valence-electron chi connectivity index (χ3n) is 3.96. The summed E-state index contributed by atoms with van der Waals surface area (Å²) in [4.78, 5) is 23.9. The Hall–Kier alpha value is -2.82. The lowest BCUT2D eigenvalue weighted by atomic mass is 10.0. The molecule has 0 heterocycles. The van der Waals surface area contributed by atoms with Crippen LogP contribution in [0.2, 0.25) is 0 Å². The zero-order chi connectivity index (χ0) is 19.1. The molecule has 0 unspecified atom stereocenters. The van der Waals surface area contributed by atoms with Crippen molar-refractivity contribution in [1.29, 1.82) is 0 Å². The minimum atomic E-state index is -0.583. The summed E-state index contributed by atoms with van der Waals surface area (Å²) in [5.74, 6) is -0.0157. The summed E-state index contributed by atoms with van der Waals surface area (Å²) in [5.41, 5.74) is 3.66. The van der Waals surface area contributed by atoms with E-state index in [1.54, 1.807) is 0 Å². The lowest BCUT2D eigenvalue weighted by Crippen LogP contribution is -2.24. The molecular formula is C21H25NO4. The van der Waals surface area contributed by atoms with Crippen molar-refractivity contribution in [2.75, 3.05) is 18.5 Å². The number of nitrogens with one attached hydrogen (secondary N) is 1. The fourth-order valence-electron chi connectivity index (χ4n) is 2.65. The van der Waals surface area contributed by atoms with Crippen LogP contribution < -0.4 is 10.1 Å². The van der Waals surface area contributed by atoms with E-state index in [9.17, 15) is 9.59 Å². The summed E-state index contributed by atoms with van der Waals surface area (Å²) >= 11 is 0. The van der Waals surface area contributed by atoms with Crippen LogP contribution in [-0.2, 0) is 14.3 Å². The van der Waals surface area contributed by atoms with E-state index in [1.807, 2.05) is 56.3 Å². The van der Waals surface area contributed by atoms with Gasteiger partial charge in [-0.3, -0.25) is 4.79 Å². The van der Waals surface area contributed by atoms with Crippen LogP contribution in [0.4, 0.5) is 5.69 Å². The molecule has 0 bridgehead atoms. The van der Waals surface area contributed by atoms with Crippen molar-refractivity contribution in [3.63, 3.8) is 0 Å². The van der Waals surface area contributed by atoms with E-state index >= 15 is 0 Å². The third kappa shape index (κ3) is 5.34. The Bertz CT molecular complexity index is 763. The molecule has 1 amide bonds. The van der Waals surface area contributed by atoms with Gasteiger partial charge in [-0.2, -0.15) is 0 Å². The second-order valence-corrected chi connectivity index (χ2v) is 6.46. The molecule has 0 aromatic heterocycles. The molecule has 5 nitrogen and oxygen atoms in total. The van der Waals surface area contributed by atoms with Crippen molar-refractivity contribution in [3.8, 4) is 5.75 Å². The number of carbonyl (C=O) groups is 2. The molecule has 1 N–H and O–H groups in total. The maximum Gasteiger partial charge on any atom is 0.344 e. The largest absolute Gasteiger partial charge is 0.481 e. The van der Waals surface area contributed by atoms with Crippen LogP contribution >= 0.6 is 0 Å². The van der Waals surface area contributed by atoms with Gasteiger partial charge in [0, 0.05) is 5.69 Å². The van der Waals surface area contributed by atoms with Crippen molar-refractivity contribution in [1.82, 2.24) is 0 Å². The molecular weight excluding hydrogens is 330 g/mol. The predicted molar refractivity (Wildman–Crippen MR) is 102 cm³/mol. The van der Waals surface area contributed by atoms with Gasteiger partial charge in [0.2, 0.25) is 0 Å². The minimum absolute atomic E-state index is 0.235. The Morgan fingerprint density at radius 3 is 2.27 bits per heavy atom. The maximum atomic E-state index is 12.0. The first-order valence-corrected chi connectivity index (χ1v) is 8.62. The fraction of sp³-hybridized carbons (Fsp3) is 0.333. The Labute approximate surface area is 154 Å². The van der Waals surface area contributed by atoms with E-state index in [1.165, 1.54) is 0 Å². The number of carbonyl (C=O) groups excluding carboxylic acids is 2. The van der Waals surface area contributed by atoms with Crippen LogP contribution in [0.25, 0.3) is 0 Å². The van der Waals surface area contributed by atoms with Gasteiger partial charge in [-0.05, 0) is 42.5 Å². The first-order valence-electron chi connectivity index (χ1n) is 8.62. The number of anilines is 1. The van der Waals surface area contributed by atoms with Crippen molar-refractivity contribution in [2.45, 2.75) is 33.6 Å². The van der Waals surface area contributed by atoms with Gasteiger partial charge >= 0.3 is 5.97 Å². The Morgan fingerprint density at radius 2 is 1.62 bits per heavy atom. The second-order valence-electron chi connectivity index (χ2n) is 6.46. The van der Waals surface area contributed by atoms with Gasteiger partial charge in [0.05, 0.1) is 0 Å². The second kappa shape index (κ2) is 9.04. The number of aryl methyl sites for hydroxylation is 2. The Morgan fingerprint density at radius 1 is 0.962 bits per heavy atom. The summed E-state index contributed by atoms with van der Waals surface area (Å²) in [6.07, 6.45) is 0. The molecule has 0 radical (unpaired) electrons. The van der Waals surface area contributed by atoms with Gasteiger partial charge in [0.15, 0.2) is 13.2 Å². The number of amides is 1. The number of hydrogen-bond donors (Lipinski definition) is 1. The highest BCUT2D eigenvalue weighted by Gasteiger charge is 2.13. The molecule has 138 valence electrons. The molecule has 2 rings (SSSR count). The van der Waals surface area contributed by atoms with Crippen LogP contribution in [0, 0.1) is 13.8 Å². The molecule has 5 heteroatoms. The van der Waals surface area contributed by atoms with Crippen LogP contribution in [0.5, 0.6) is 5.75 Å². The quantitative estimate of drug-likeness (QED) is 0.763. The number of esters is 1. The van der Waals surface area contributed by atoms with Crippen LogP contribution in [-0.4, -0.2) is 25.1 Å². The standard InChI is InChI=1S/C21H25NO4/c1-14(2)17-10-5-6-11-18(17)22-19(23)12-25-20(24)13-26-21-15(3)8-7-9-16(21)4/h5-11,14H,12-13H2,1-4H3,(H,22,23). The molecule has 0 saturated heterocycles. The highest BCUT2D eigenvalue weighted by atomic mass is 16.6. The average Bonchev–Trinajstić information content (AvgIpc) is 2.60. The van der Waals surface area contributed by atoms with Gasteiger partial charge in [0.25, 0.3) is 5.91 Å². The molecule has 26 heavy (non-hydrogen) atoms. The van der Waals surface area contributed by atoms with E-state index in [0.717, 1.165) is 22.4 Å². The Kier molecular flexibility index (Phi) is 6.78. The van der Waals surface area contributed by atoms with E-state index in [2.05, 4.69) is 19.2 Å². The van der Waals surface area contributed by atoms with Gasteiger partial charge in [-0.1, -0.05) is 50.2 Å². The first-order chi connectivity index (χ1) is 12.4. The van der Waals surface area contributed by atoms with E-state index < -0.39 is 5.97 Å². The van der Waals surface area contributed by atoms with Gasteiger partial charge in [0.1, 0.15) is 5.75 Å². The summed E-state index contributed by atoms with van der Waals surface area (Å²) in [7, 11) is 0. The van der Waals surface area contributed by atoms with Crippen molar-refractivity contribution < 1.29 is 19.1 Å². The van der Waals surface area contributed by atoms with Crippen LogP contribution in [0.15, 0.2) is 42.5 Å². The zero-order valence-electron chi connectivity index (χ0n) is 15.7.